The molecule has 0 rings (SSSR count). The van der Waals surface area contributed by atoms with E-state index in [0.717, 1.165) is 77.0 Å². The number of nitrogens with one attached hydrogen (secondary N) is 1. The van der Waals surface area contributed by atoms with Crippen molar-refractivity contribution in [2.24, 2.45) is 0 Å². The second kappa shape index (κ2) is 46.5. The first-order chi connectivity index (χ1) is 31.5. The minimum Gasteiger partial charge on any atom is -0.756 e. The number of quaternary nitrogens is 1. The van der Waals surface area contributed by atoms with Crippen LogP contribution in [0.3, 0.4) is 0 Å². The van der Waals surface area contributed by atoms with E-state index < -0.39 is 26.6 Å². The molecule has 0 aromatic carbocycles. The molecule has 0 aromatic rings. The minimum atomic E-state index is -4.60. The van der Waals surface area contributed by atoms with Gasteiger partial charge >= 0.3 is 0 Å². The Labute approximate surface area is 400 Å². The number of phosphoric ester groups is 1. The van der Waals surface area contributed by atoms with E-state index in [-0.39, 0.29) is 12.5 Å². The Hall–Kier alpha value is -2.58. The molecule has 1 amide bonds. The van der Waals surface area contributed by atoms with Gasteiger partial charge < -0.3 is 28.8 Å². The summed E-state index contributed by atoms with van der Waals surface area (Å²) in [6, 6.07) is -0.906. The zero-order valence-corrected chi connectivity index (χ0v) is 43.3. The smallest absolute Gasteiger partial charge is 0.268 e. The molecule has 0 spiro atoms. The van der Waals surface area contributed by atoms with E-state index in [1.54, 1.807) is 6.08 Å². The Bertz CT molecular complexity index is 1370. The van der Waals surface area contributed by atoms with Gasteiger partial charge in [0, 0.05) is 6.42 Å². The second-order valence-corrected chi connectivity index (χ2v) is 19.9. The van der Waals surface area contributed by atoms with E-state index in [2.05, 4.69) is 104 Å². The molecule has 0 bridgehead atoms. The van der Waals surface area contributed by atoms with Crippen LogP contribution in [0.15, 0.2) is 97.2 Å². The number of carbonyl (C=O) groups is 1. The van der Waals surface area contributed by atoms with Crippen molar-refractivity contribution in [3.63, 3.8) is 0 Å². The molecule has 3 unspecified atom stereocenters. The molecule has 0 saturated carbocycles. The summed E-state index contributed by atoms with van der Waals surface area (Å²) in [7, 11) is 1.23. The highest BCUT2D eigenvalue weighted by Crippen LogP contribution is 2.38. The molecule has 0 radical (unpaired) electrons. The van der Waals surface area contributed by atoms with Gasteiger partial charge in [0.15, 0.2) is 0 Å². The first kappa shape index (κ1) is 62.4. The first-order valence-corrected chi connectivity index (χ1v) is 27.6. The average molecular weight is 927 g/mol. The van der Waals surface area contributed by atoms with Gasteiger partial charge in [-0.3, -0.25) is 9.36 Å². The summed E-state index contributed by atoms with van der Waals surface area (Å²) in [6.07, 6.45) is 66.3. The molecule has 0 aliphatic carbocycles. The van der Waals surface area contributed by atoms with Crippen molar-refractivity contribution in [3.8, 4) is 0 Å². The summed E-state index contributed by atoms with van der Waals surface area (Å²) in [5.41, 5.74) is 0. The molecule has 0 saturated heterocycles. The number of likely N-dealkylation sites (N-methyl/N-ethyl adjacent to an activating group) is 1. The second-order valence-electron chi connectivity index (χ2n) is 18.5. The monoisotopic (exact) mass is 927 g/mol. The SMILES string of the molecule is CC/C=C\C/C=C\C/C=C\C/C=C\C/C=C\C/C=C\CCCCCCCCCCCCCCCCC(=O)NC(COP(=O)([O-])OCC[N+](C)(C)C)C(O)/C=C/CC/C=C/CCCCCC. The standard InChI is InChI=1S/C56H99N2O6P/c1-6-8-10-12-14-16-18-19-20-21-22-23-24-25-26-27-28-29-30-31-32-33-34-35-36-37-38-39-40-42-44-46-48-50-56(60)57-54(53-64-65(61,62)63-52-51-58(3,4)5)55(59)49-47-45-43-41-17-15-13-11-9-7-2/h8,10,14,16-17,19-20,22-23,25-26,28-29,41,47,49,54-55,59H,6-7,9,11-13,15,18,21,24,27,30-40,42-46,48,50-53H2,1-5H3,(H-,57,60,61,62)/b10-8-,16-14-,20-19-,23-22-,26-25-,29-28-,41-17+,49-47+. The molecule has 374 valence electrons. The number of nitrogens with zero attached hydrogens (tertiary/aromatic N) is 1. The van der Waals surface area contributed by atoms with Gasteiger partial charge in [-0.1, -0.05) is 207 Å². The van der Waals surface area contributed by atoms with Crippen LogP contribution in [0, 0.1) is 0 Å². The highest BCUT2D eigenvalue weighted by molar-refractivity contribution is 7.45. The summed E-state index contributed by atoms with van der Waals surface area (Å²) in [4.78, 5) is 25.3. The Morgan fingerprint density at radius 1 is 0.554 bits per heavy atom. The number of hydrogen-bond donors (Lipinski definition) is 2. The predicted molar refractivity (Wildman–Crippen MR) is 279 cm³/mol. The summed E-state index contributed by atoms with van der Waals surface area (Å²) < 4.78 is 23.2. The number of aliphatic hydroxyl groups excluding tert-OH is 1. The highest BCUT2D eigenvalue weighted by Gasteiger charge is 2.23. The first-order valence-electron chi connectivity index (χ1n) is 26.1. The van der Waals surface area contributed by atoms with Gasteiger partial charge in [0.25, 0.3) is 7.82 Å². The lowest BCUT2D eigenvalue weighted by Gasteiger charge is -2.29. The maximum absolute atomic E-state index is 12.9. The molecule has 0 aliphatic rings. The van der Waals surface area contributed by atoms with E-state index in [1.165, 1.54) is 103 Å². The Morgan fingerprint density at radius 2 is 0.954 bits per heavy atom. The highest BCUT2D eigenvalue weighted by atomic mass is 31.2. The van der Waals surface area contributed by atoms with Gasteiger partial charge in [-0.25, -0.2) is 0 Å². The molecule has 0 fully saturated rings. The summed E-state index contributed by atoms with van der Waals surface area (Å²) >= 11 is 0. The van der Waals surface area contributed by atoms with Crippen LogP contribution < -0.4 is 10.2 Å². The van der Waals surface area contributed by atoms with Crippen molar-refractivity contribution in [3.05, 3.63) is 97.2 Å². The van der Waals surface area contributed by atoms with Crippen LogP contribution in [-0.4, -0.2) is 68.5 Å². The molecule has 8 nitrogen and oxygen atoms in total. The van der Waals surface area contributed by atoms with Crippen LogP contribution in [0.1, 0.15) is 200 Å². The van der Waals surface area contributed by atoms with E-state index in [4.69, 9.17) is 9.05 Å². The van der Waals surface area contributed by atoms with E-state index in [1.807, 2.05) is 27.2 Å². The van der Waals surface area contributed by atoms with Gasteiger partial charge in [0.2, 0.25) is 5.91 Å². The van der Waals surface area contributed by atoms with Gasteiger partial charge in [0.05, 0.1) is 39.9 Å². The normalized spacial score (nSPS) is 14.9. The van der Waals surface area contributed by atoms with Gasteiger partial charge in [-0.2, -0.15) is 0 Å². The lowest BCUT2D eigenvalue weighted by molar-refractivity contribution is -0.870. The molecule has 3 atom stereocenters. The maximum atomic E-state index is 12.9. The van der Waals surface area contributed by atoms with Crippen molar-refractivity contribution < 1.29 is 32.9 Å². The molecular formula is C56H99N2O6P. The lowest BCUT2D eigenvalue weighted by atomic mass is 10.0. The molecule has 0 aromatic heterocycles. The molecule has 9 heteroatoms. The van der Waals surface area contributed by atoms with Crippen molar-refractivity contribution in [1.82, 2.24) is 5.32 Å². The van der Waals surface area contributed by atoms with Crippen molar-refractivity contribution in [2.45, 2.75) is 212 Å². The van der Waals surface area contributed by atoms with Crippen LogP contribution in [0.4, 0.5) is 0 Å². The van der Waals surface area contributed by atoms with Gasteiger partial charge in [0.1, 0.15) is 13.2 Å². The fraction of sp³-hybridized carbons (Fsp3) is 0.696. The fourth-order valence-electron chi connectivity index (χ4n) is 6.94. The molecule has 0 aliphatic heterocycles. The largest absolute Gasteiger partial charge is 0.756 e. The number of hydrogen-bond acceptors (Lipinski definition) is 6. The number of phosphoric acid groups is 1. The van der Waals surface area contributed by atoms with Crippen LogP contribution in [0.5, 0.6) is 0 Å². The minimum absolute atomic E-state index is 0.0103. The van der Waals surface area contributed by atoms with Crippen molar-refractivity contribution in [2.75, 3.05) is 40.9 Å². The number of unbranched alkanes of at least 4 members (excludes halogenated alkanes) is 19. The predicted octanol–water partition coefficient (Wildman–Crippen LogP) is 14.8. The Morgan fingerprint density at radius 3 is 1.43 bits per heavy atom. The zero-order valence-electron chi connectivity index (χ0n) is 42.4. The van der Waals surface area contributed by atoms with Crippen LogP contribution in [0.25, 0.3) is 0 Å². The third-order valence-electron chi connectivity index (χ3n) is 11.0. The van der Waals surface area contributed by atoms with E-state index in [0.29, 0.717) is 17.4 Å². The maximum Gasteiger partial charge on any atom is 0.268 e. The van der Waals surface area contributed by atoms with Crippen molar-refractivity contribution in [1.29, 1.82) is 0 Å². The van der Waals surface area contributed by atoms with E-state index in [9.17, 15) is 19.4 Å². The van der Waals surface area contributed by atoms with Gasteiger partial charge in [-0.05, 0) is 83.5 Å². The van der Waals surface area contributed by atoms with Crippen LogP contribution in [-0.2, 0) is 18.4 Å². The van der Waals surface area contributed by atoms with Crippen molar-refractivity contribution >= 4 is 13.7 Å². The molecular weight excluding hydrogens is 828 g/mol. The third kappa shape index (κ3) is 49.2. The lowest BCUT2D eigenvalue weighted by Crippen LogP contribution is -2.45. The quantitative estimate of drug-likeness (QED) is 0.0272. The molecule has 65 heavy (non-hydrogen) atoms. The zero-order chi connectivity index (χ0) is 47.8. The fourth-order valence-corrected chi connectivity index (χ4v) is 7.66. The van der Waals surface area contributed by atoms with Crippen LogP contribution in [0.2, 0.25) is 0 Å². The number of amides is 1. The summed E-state index contributed by atoms with van der Waals surface area (Å²) in [5.74, 6) is -0.214. The van der Waals surface area contributed by atoms with Gasteiger partial charge in [-0.15, -0.1) is 0 Å². The molecule has 2 N–H and O–H groups in total. The average Bonchev–Trinajstić information content (AvgIpc) is 3.26. The summed E-state index contributed by atoms with van der Waals surface area (Å²) in [6.45, 7) is 4.46. The number of carbonyl (C=O) groups excluding carboxylic acids is 1. The Kier molecular flexibility index (Phi) is 44.7. The topological polar surface area (TPSA) is 108 Å². The van der Waals surface area contributed by atoms with E-state index >= 15 is 0 Å². The van der Waals surface area contributed by atoms with Crippen LogP contribution >= 0.6 is 7.82 Å². The number of rotatable bonds is 46. The third-order valence-corrected chi connectivity index (χ3v) is 12.0. The number of aliphatic hydroxyl groups is 1. The number of allylic oxidation sites excluding steroid dienone is 15. The molecule has 0 heterocycles. The summed E-state index contributed by atoms with van der Waals surface area (Å²) in [5, 5.41) is 13.7. The Balaban J connectivity index is 4.07.